The predicted octanol–water partition coefficient (Wildman–Crippen LogP) is 4.43. The van der Waals surface area contributed by atoms with Gasteiger partial charge in [-0.3, -0.25) is 14.4 Å². The smallest absolute Gasteiger partial charge is 0.306 e. The average Bonchev–Trinajstić information content (AvgIpc) is 2.99. The number of aliphatic hydroxyl groups excluding tert-OH is 1. The summed E-state index contributed by atoms with van der Waals surface area (Å²) in [5.41, 5.74) is -6.84. The number of fused-ring (bicyclic) bond motifs is 5. The maximum absolute atomic E-state index is 17.2. The highest BCUT2D eigenvalue weighted by molar-refractivity contribution is 8.13. The SMILES string of the molecule is CCC(=O)O[C@]1(C(=O)SCF)[C@H](C)CC2[C@@H]3C[C@H](F)C4=CC(=O)C=C[C@]4(C)[C@@]3(F)[C@@H](O)C[C@@]21C. The van der Waals surface area contributed by atoms with E-state index < -0.39 is 75.0 Å². The lowest BCUT2D eigenvalue weighted by atomic mass is 9.44. The Labute approximate surface area is 201 Å². The molecule has 4 aliphatic rings. The number of aliphatic hydroxyl groups is 1. The highest BCUT2D eigenvalue weighted by Gasteiger charge is 2.78. The first-order valence-corrected chi connectivity index (χ1v) is 12.7. The van der Waals surface area contributed by atoms with E-state index in [1.54, 1.807) is 20.8 Å². The van der Waals surface area contributed by atoms with Gasteiger partial charge in [-0.2, -0.15) is 0 Å². The van der Waals surface area contributed by atoms with Crippen LogP contribution in [0.25, 0.3) is 0 Å². The van der Waals surface area contributed by atoms with Gasteiger partial charge >= 0.3 is 5.97 Å². The number of ketones is 1. The standard InChI is InChI=1S/C25H31F3O5S/c1-5-20(31)33-25(21(32)34-12-26)13(2)8-15-16-10-18(27)17-9-14(29)6-7-22(17,3)24(16,28)19(30)11-23(15,25)4/h6-7,9,13,15-16,18-19,30H,5,8,10-12H2,1-4H3/t13-,15?,16+,18+,19+,22+,23+,24+,25+/m1/s1. The van der Waals surface area contributed by atoms with Gasteiger partial charge in [0.05, 0.1) is 6.10 Å². The van der Waals surface area contributed by atoms with E-state index in [-0.39, 0.29) is 31.3 Å². The molecule has 0 aliphatic heterocycles. The lowest BCUT2D eigenvalue weighted by Gasteiger charge is -2.63. The summed E-state index contributed by atoms with van der Waals surface area (Å²) < 4.78 is 51.8. The third-order valence-electron chi connectivity index (χ3n) is 9.22. The predicted molar refractivity (Wildman–Crippen MR) is 121 cm³/mol. The number of carbonyl (C=O) groups excluding carboxylic acids is 3. The summed E-state index contributed by atoms with van der Waals surface area (Å²) in [6.07, 6.45) is 0.160. The minimum atomic E-state index is -2.30. The number of hydrogen-bond acceptors (Lipinski definition) is 6. The third kappa shape index (κ3) is 3.01. The minimum Gasteiger partial charge on any atom is -0.449 e. The second-order valence-corrected chi connectivity index (χ2v) is 11.5. The summed E-state index contributed by atoms with van der Waals surface area (Å²) in [6.45, 7) is 6.45. The van der Waals surface area contributed by atoms with E-state index in [0.717, 1.165) is 6.08 Å². The molecular formula is C25H31F3O5S. The Bertz CT molecular complexity index is 984. The lowest BCUT2D eigenvalue weighted by molar-refractivity contribution is -0.228. The van der Waals surface area contributed by atoms with Crippen molar-refractivity contribution in [2.75, 3.05) is 6.01 Å². The van der Waals surface area contributed by atoms with Crippen LogP contribution >= 0.6 is 11.8 Å². The van der Waals surface area contributed by atoms with Crippen molar-refractivity contribution in [3.8, 4) is 0 Å². The number of halogens is 3. The lowest BCUT2D eigenvalue weighted by Crippen LogP contribution is -2.70. The second kappa shape index (κ2) is 8.22. The largest absolute Gasteiger partial charge is 0.449 e. The van der Waals surface area contributed by atoms with Crippen molar-refractivity contribution in [3.63, 3.8) is 0 Å². The summed E-state index contributed by atoms with van der Waals surface area (Å²) in [7, 11) is 0. The average molecular weight is 501 g/mol. The fraction of sp³-hybridized carbons (Fsp3) is 0.720. The van der Waals surface area contributed by atoms with Gasteiger partial charge in [-0.15, -0.1) is 0 Å². The number of ether oxygens (including phenoxy) is 1. The first-order chi connectivity index (χ1) is 15.8. The van der Waals surface area contributed by atoms with Crippen molar-refractivity contribution >= 4 is 28.6 Å². The van der Waals surface area contributed by atoms with Crippen LogP contribution in [0.15, 0.2) is 23.8 Å². The minimum absolute atomic E-state index is 0.0141. The van der Waals surface area contributed by atoms with Gasteiger partial charge in [-0.25, -0.2) is 13.2 Å². The van der Waals surface area contributed by atoms with E-state index in [4.69, 9.17) is 4.74 Å². The number of esters is 1. The fourth-order valence-electron chi connectivity index (χ4n) is 7.63. The van der Waals surface area contributed by atoms with Crippen LogP contribution in [0.1, 0.15) is 53.4 Å². The summed E-state index contributed by atoms with van der Waals surface area (Å²) in [5.74, 6) is -3.30. The maximum Gasteiger partial charge on any atom is 0.306 e. The van der Waals surface area contributed by atoms with Gasteiger partial charge in [-0.05, 0) is 61.6 Å². The number of hydrogen-bond donors (Lipinski definition) is 1. The second-order valence-electron chi connectivity index (χ2n) is 10.6. The molecule has 0 aromatic heterocycles. The molecule has 4 aliphatic carbocycles. The Morgan fingerprint density at radius 1 is 1.26 bits per heavy atom. The van der Waals surface area contributed by atoms with Gasteiger partial charge in [0, 0.05) is 29.1 Å². The molecule has 0 amide bonds. The Morgan fingerprint density at radius 3 is 2.56 bits per heavy atom. The fourth-order valence-corrected chi connectivity index (χ4v) is 8.42. The topological polar surface area (TPSA) is 80.7 Å². The highest BCUT2D eigenvalue weighted by atomic mass is 32.2. The molecule has 0 aromatic rings. The van der Waals surface area contributed by atoms with Crippen LogP contribution in [0.5, 0.6) is 0 Å². The molecule has 5 nitrogen and oxygen atoms in total. The molecule has 1 unspecified atom stereocenters. The van der Waals surface area contributed by atoms with Gasteiger partial charge < -0.3 is 9.84 Å². The Hall–Kier alpha value is -1.61. The van der Waals surface area contributed by atoms with E-state index in [2.05, 4.69) is 0 Å². The summed E-state index contributed by atoms with van der Waals surface area (Å²) in [6, 6.07) is -1.02. The molecule has 9 heteroatoms. The van der Waals surface area contributed by atoms with Crippen LogP contribution < -0.4 is 0 Å². The molecule has 0 heterocycles. The number of rotatable bonds is 4. The quantitative estimate of drug-likeness (QED) is 0.576. The number of alkyl halides is 3. The molecule has 3 saturated carbocycles. The number of carbonyl (C=O) groups is 3. The molecule has 9 atom stereocenters. The number of thioether (sulfide) groups is 1. The Morgan fingerprint density at radius 2 is 1.94 bits per heavy atom. The molecule has 0 radical (unpaired) electrons. The summed E-state index contributed by atoms with van der Waals surface area (Å²) in [5, 5.41) is 10.7. The van der Waals surface area contributed by atoms with E-state index in [1.165, 1.54) is 19.1 Å². The molecule has 4 rings (SSSR count). The summed E-state index contributed by atoms with van der Waals surface area (Å²) in [4.78, 5) is 37.8. The van der Waals surface area contributed by atoms with Crippen molar-refractivity contribution in [1.82, 2.24) is 0 Å². The molecule has 0 bridgehead atoms. The van der Waals surface area contributed by atoms with Crippen LogP contribution in [0.4, 0.5) is 13.2 Å². The van der Waals surface area contributed by atoms with Crippen LogP contribution in [-0.4, -0.2) is 51.5 Å². The van der Waals surface area contributed by atoms with Crippen molar-refractivity contribution in [2.45, 2.75) is 76.9 Å². The van der Waals surface area contributed by atoms with Crippen LogP contribution in [0, 0.1) is 28.6 Å². The zero-order valence-corrected chi connectivity index (χ0v) is 20.6. The van der Waals surface area contributed by atoms with Crippen LogP contribution in [0.3, 0.4) is 0 Å². The molecule has 0 aromatic carbocycles. The highest BCUT2D eigenvalue weighted by Crippen LogP contribution is 2.72. The first-order valence-electron chi connectivity index (χ1n) is 11.7. The van der Waals surface area contributed by atoms with Crippen LogP contribution in [0.2, 0.25) is 0 Å². The zero-order chi connectivity index (χ0) is 25.3. The van der Waals surface area contributed by atoms with Gasteiger partial charge in [-0.1, -0.05) is 26.8 Å². The van der Waals surface area contributed by atoms with Gasteiger partial charge in [0.2, 0.25) is 5.12 Å². The van der Waals surface area contributed by atoms with E-state index >= 15 is 8.78 Å². The van der Waals surface area contributed by atoms with Crippen molar-refractivity contribution < 1.29 is 37.4 Å². The molecule has 1 N–H and O–H groups in total. The van der Waals surface area contributed by atoms with E-state index in [1.807, 2.05) is 0 Å². The van der Waals surface area contributed by atoms with Gasteiger partial charge in [0.15, 0.2) is 17.1 Å². The van der Waals surface area contributed by atoms with Crippen molar-refractivity contribution in [2.24, 2.45) is 28.6 Å². The molecular weight excluding hydrogens is 469 g/mol. The van der Waals surface area contributed by atoms with Crippen molar-refractivity contribution in [1.29, 1.82) is 0 Å². The van der Waals surface area contributed by atoms with E-state index in [9.17, 15) is 23.9 Å². The van der Waals surface area contributed by atoms with Crippen molar-refractivity contribution in [3.05, 3.63) is 23.8 Å². The third-order valence-corrected chi connectivity index (χ3v) is 9.90. The Kier molecular flexibility index (Phi) is 6.16. The van der Waals surface area contributed by atoms with Crippen LogP contribution in [-0.2, 0) is 19.1 Å². The van der Waals surface area contributed by atoms with Gasteiger partial charge in [0.1, 0.15) is 12.2 Å². The maximum atomic E-state index is 17.2. The first kappa shape index (κ1) is 25.5. The molecule has 188 valence electrons. The monoisotopic (exact) mass is 500 g/mol. The summed E-state index contributed by atoms with van der Waals surface area (Å²) >= 11 is 0.396. The van der Waals surface area contributed by atoms with E-state index in [0.29, 0.717) is 11.8 Å². The zero-order valence-electron chi connectivity index (χ0n) is 19.8. The molecule has 34 heavy (non-hydrogen) atoms. The molecule has 0 saturated heterocycles. The van der Waals surface area contributed by atoms with Gasteiger partial charge in [0.25, 0.3) is 0 Å². The molecule has 3 fully saturated rings. The normalized spacial score (nSPS) is 47.4. The molecule has 0 spiro atoms. The number of allylic oxidation sites excluding steroid dienone is 4. The Balaban J connectivity index is 1.87.